The Kier molecular flexibility index (Phi) is 4.99. The molecule has 2 rings (SSSR count). The van der Waals surface area contributed by atoms with Gasteiger partial charge in [0.25, 0.3) is 0 Å². The van der Waals surface area contributed by atoms with E-state index in [1.54, 1.807) is 6.20 Å². The second kappa shape index (κ2) is 6.73. The molecule has 0 aliphatic rings. The topological polar surface area (TPSA) is 39.1 Å². The third-order valence-electron chi connectivity index (χ3n) is 2.89. The molecule has 0 fully saturated rings. The minimum atomic E-state index is 0.488. The second-order valence-electron chi connectivity index (χ2n) is 4.20. The van der Waals surface area contributed by atoms with Crippen LogP contribution in [0.25, 0.3) is 0 Å². The van der Waals surface area contributed by atoms with Crippen LogP contribution < -0.4 is 10.1 Å². The summed E-state index contributed by atoms with van der Waals surface area (Å²) < 4.78 is 8.97. The average molecular weight is 324 g/mol. The smallest absolute Gasteiger partial charge is 0.146 e. The molecule has 0 radical (unpaired) electrons. The van der Waals surface area contributed by atoms with Crippen molar-refractivity contribution in [1.29, 1.82) is 0 Å². The largest absolute Gasteiger partial charge is 0.486 e. The highest BCUT2D eigenvalue weighted by Crippen LogP contribution is 2.23. The summed E-state index contributed by atoms with van der Waals surface area (Å²) in [6, 6.07) is 6.01. The molecule has 0 saturated heterocycles. The predicted octanol–water partition coefficient (Wildman–Crippen LogP) is 2.96. The number of hydrogen-bond acceptors (Lipinski definition) is 3. The van der Waals surface area contributed by atoms with Crippen molar-refractivity contribution in [1.82, 2.24) is 14.9 Å². The molecule has 2 aromatic rings. The average Bonchev–Trinajstić information content (AvgIpc) is 2.87. The predicted molar refractivity (Wildman–Crippen MR) is 79.1 cm³/mol. The van der Waals surface area contributed by atoms with Gasteiger partial charge < -0.3 is 14.6 Å². The summed E-state index contributed by atoms with van der Waals surface area (Å²) >= 11 is 3.53. The Bertz CT molecular complexity index is 539. The maximum atomic E-state index is 5.80. The lowest BCUT2D eigenvalue weighted by Gasteiger charge is -2.10. The van der Waals surface area contributed by atoms with Crippen LogP contribution in [0.4, 0.5) is 0 Å². The number of hydrogen-bond donors (Lipinski definition) is 1. The number of benzene rings is 1. The Labute approximate surface area is 121 Å². The highest BCUT2D eigenvalue weighted by Gasteiger charge is 2.05. The molecule has 0 amide bonds. The fourth-order valence-electron chi connectivity index (χ4n) is 1.88. The Morgan fingerprint density at radius 2 is 2.26 bits per heavy atom. The van der Waals surface area contributed by atoms with E-state index in [1.165, 1.54) is 5.56 Å². The van der Waals surface area contributed by atoms with Gasteiger partial charge in [-0.2, -0.15) is 0 Å². The van der Waals surface area contributed by atoms with Gasteiger partial charge in [0.1, 0.15) is 18.2 Å². The Balaban J connectivity index is 2.05. The van der Waals surface area contributed by atoms with Gasteiger partial charge in [-0.3, -0.25) is 0 Å². The van der Waals surface area contributed by atoms with E-state index in [0.29, 0.717) is 6.61 Å². The first-order chi connectivity index (χ1) is 9.24. The van der Waals surface area contributed by atoms with E-state index < -0.39 is 0 Å². The van der Waals surface area contributed by atoms with Crippen molar-refractivity contribution in [3.8, 4) is 5.75 Å². The number of halogens is 1. The van der Waals surface area contributed by atoms with Crippen LogP contribution >= 0.6 is 15.9 Å². The number of aromatic nitrogens is 2. The van der Waals surface area contributed by atoms with Crippen LogP contribution in [0.3, 0.4) is 0 Å². The Hall–Kier alpha value is -1.33. The van der Waals surface area contributed by atoms with Gasteiger partial charge in [-0.1, -0.05) is 15.9 Å². The summed E-state index contributed by atoms with van der Waals surface area (Å²) in [5, 5.41) is 3.14. The van der Waals surface area contributed by atoms with Gasteiger partial charge in [-0.25, -0.2) is 4.98 Å². The van der Waals surface area contributed by atoms with Crippen LogP contribution in [0.15, 0.2) is 35.1 Å². The minimum Gasteiger partial charge on any atom is -0.486 e. The molecule has 102 valence electrons. The van der Waals surface area contributed by atoms with E-state index in [4.69, 9.17) is 4.74 Å². The van der Waals surface area contributed by atoms with Crippen LogP contribution in [0.1, 0.15) is 18.3 Å². The van der Waals surface area contributed by atoms with Crippen LogP contribution in [-0.4, -0.2) is 16.6 Å². The van der Waals surface area contributed by atoms with E-state index in [2.05, 4.69) is 37.7 Å². The molecule has 0 aliphatic carbocycles. The third-order valence-corrected chi connectivity index (χ3v) is 3.67. The molecule has 0 atom stereocenters. The third kappa shape index (κ3) is 3.58. The van der Waals surface area contributed by atoms with Crippen molar-refractivity contribution in [3.63, 3.8) is 0 Å². The number of nitrogens with zero attached hydrogens (tertiary/aromatic N) is 2. The van der Waals surface area contributed by atoms with Crippen molar-refractivity contribution in [2.45, 2.75) is 26.6 Å². The Morgan fingerprint density at radius 3 is 3.00 bits per heavy atom. The van der Waals surface area contributed by atoms with Gasteiger partial charge in [0, 0.05) is 30.0 Å². The molecule has 0 bridgehead atoms. The molecule has 19 heavy (non-hydrogen) atoms. The van der Waals surface area contributed by atoms with Gasteiger partial charge in [0.15, 0.2) is 0 Å². The van der Waals surface area contributed by atoms with Crippen LogP contribution in [0.2, 0.25) is 0 Å². The zero-order valence-electron chi connectivity index (χ0n) is 11.2. The second-order valence-corrected chi connectivity index (χ2v) is 5.06. The molecule has 0 aliphatic heterocycles. The van der Waals surface area contributed by atoms with Gasteiger partial charge in [-0.05, 0) is 37.7 Å². The first-order valence-electron chi connectivity index (χ1n) is 6.30. The van der Waals surface area contributed by atoms with E-state index in [1.807, 2.05) is 31.4 Å². The lowest BCUT2D eigenvalue weighted by molar-refractivity contribution is 0.289. The maximum absolute atomic E-state index is 5.80. The number of imidazole rings is 1. The quantitative estimate of drug-likeness (QED) is 0.888. The zero-order valence-corrected chi connectivity index (χ0v) is 12.8. The summed E-state index contributed by atoms with van der Waals surface area (Å²) in [7, 11) is 1.93. The SMILES string of the molecule is CCn1ccnc1COc1ccc(Br)c(CNC)c1. The minimum absolute atomic E-state index is 0.488. The van der Waals surface area contributed by atoms with E-state index in [9.17, 15) is 0 Å². The zero-order chi connectivity index (χ0) is 13.7. The number of nitrogens with one attached hydrogen (secondary N) is 1. The summed E-state index contributed by atoms with van der Waals surface area (Å²) in [6.45, 7) is 4.29. The number of aryl methyl sites for hydroxylation is 1. The van der Waals surface area contributed by atoms with Crippen molar-refractivity contribution in [2.24, 2.45) is 0 Å². The molecule has 0 spiro atoms. The van der Waals surface area contributed by atoms with Crippen LogP contribution in [0.5, 0.6) is 5.75 Å². The van der Waals surface area contributed by atoms with E-state index in [-0.39, 0.29) is 0 Å². The summed E-state index contributed by atoms with van der Waals surface area (Å²) in [4.78, 5) is 4.29. The normalized spacial score (nSPS) is 10.7. The molecular formula is C14H18BrN3O. The first kappa shape index (κ1) is 14.1. The van der Waals surface area contributed by atoms with Crippen LogP contribution in [-0.2, 0) is 19.7 Å². The molecule has 0 saturated carbocycles. The van der Waals surface area contributed by atoms with Gasteiger partial charge >= 0.3 is 0 Å². The molecule has 1 N–H and O–H groups in total. The highest BCUT2D eigenvalue weighted by molar-refractivity contribution is 9.10. The molecule has 4 nitrogen and oxygen atoms in total. The fourth-order valence-corrected chi connectivity index (χ4v) is 2.27. The molecule has 1 aromatic carbocycles. The molecule has 1 heterocycles. The lowest BCUT2D eigenvalue weighted by Crippen LogP contribution is -2.07. The molecule has 5 heteroatoms. The van der Waals surface area contributed by atoms with Crippen molar-refractivity contribution < 1.29 is 4.74 Å². The lowest BCUT2D eigenvalue weighted by atomic mass is 10.2. The number of ether oxygens (including phenoxy) is 1. The van der Waals surface area contributed by atoms with Crippen molar-refractivity contribution in [2.75, 3.05) is 7.05 Å². The monoisotopic (exact) mass is 323 g/mol. The standard InChI is InChI=1S/C14H18BrN3O/c1-3-18-7-6-17-14(18)10-19-12-4-5-13(15)11(8-12)9-16-2/h4-8,16H,3,9-10H2,1-2H3. The van der Waals surface area contributed by atoms with Gasteiger partial charge in [-0.15, -0.1) is 0 Å². The summed E-state index contributed by atoms with van der Waals surface area (Å²) in [5.41, 5.74) is 1.18. The van der Waals surface area contributed by atoms with E-state index in [0.717, 1.165) is 29.1 Å². The highest BCUT2D eigenvalue weighted by atomic mass is 79.9. The molecule has 0 unspecified atom stereocenters. The van der Waals surface area contributed by atoms with Crippen molar-refractivity contribution >= 4 is 15.9 Å². The van der Waals surface area contributed by atoms with Crippen LogP contribution in [0, 0.1) is 0 Å². The summed E-state index contributed by atoms with van der Waals surface area (Å²) in [5.74, 6) is 1.81. The van der Waals surface area contributed by atoms with E-state index >= 15 is 0 Å². The Morgan fingerprint density at radius 1 is 1.42 bits per heavy atom. The molecular weight excluding hydrogens is 306 g/mol. The first-order valence-corrected chi connectivity index (χ1v) is 7.09. The fraction of sp³-hybridized carbons (Fsp3) is 0.357. The van der Waals surface area contributed by atoms with Gasteiger partial charge in [0.05, 0.1) is 0 Å². The number of rotatable bonds is 6. The van der Waals surface area contributed by atoms with Crippen molar-refractivity contribution in [3.05, 3.63) is 46.5 Å². The summed E-state index contributed by atoms with van der Waals surface area (Å²) in [6.07, 6.45) is 3.77. The van der Waals surface area contributed by atoms with Gasteiger partial charge in [0.2, 0.25) is 0 Å². The maximum Gasteiger partial charge on any atom is 0.146 e. The molecule has 1 aromatic heterocycles.